The Kier molecular flexibility index (Phi) is 5.79. The van der Waals surface area contributed by atoms with E-state index in [1.54, 1.807) is 11.3 Å². The summed E-state index contributed by atoms with van der Waals surface area (Å²) in [4.78, 5) is 4.44. The lowest BCUT2D eigenvalue weighted by molar-refractivity contribution is 0.230. The van der Waals surface area contributed by atoms with Crippen LogP contribution in [0.3, 0.4) is 0 Å². The molecule has 1 heterocycles. The van der Waals surface area contributed by atoms with Gasteiger partial charge in [0.25, 0.3) is 0 Å². The van der Waals surface area contributed by atoms with Crippen LogP contribution in [-0.4, -0.2) is 18.1 Å². The lowest BCUT2D eigenvalue weighted by atomic mass is 9.80. The zero-order valence-corrected chi connectivity index (χ0v) is 12.8. The molecule has 0 saturated heterocycles. The van der Waals surface area contributed by atoms with Crippen LogP contribution in [0, 0.1) is 5.41 Å². The van der Waals surface area contributed by atoms with Crippen molar-refractivity contribution in [1.29, 1.82) is 0 Å². The first-order valence-electron chi connectivity index (χ1n) is 7.62. The first-order chi connectivity index (χ1) is 9.29. The van der Waals surface area contributed by atoms with Gasteiger partial charge in [-0.2, -0.15) is 0 Å². The summed E-state index contributed by atoms with van der Waals surface area (Å²) >= 11 is 1.75. The van der Waals surface area contributed by atoms with Crippen molar-refractivity contribution in [3.8, 4) is 0 Å². The van der Waals surface area contributed by atoms with Gasteiger partial charge >= 0.3 is 0 Å². The smallest absolute Gasteiger partial charge is 0.109 e. The highest BCUT2D eigenvalue weighted by molar-refractivity contribution is 7.09. The van der Waals surface area contributed by atoms with Crippen LogP contribution in [0.1, 0.15) is 62.9 Å². The Hall–Kier alpha value is -0.450. The third-order valence-electron chi connectivity index (χ3n) is 4.48. The zero-order chi connectivity index (χ0) is 13.6. The van der Waals surface area contributed by atoms with Crippen molar-refractivity contribution in [3.63, 3.8) is 0 Å². The Morgan fingerprint density at radius 3 is 2.63 bits per heavy atom. The lowest BCUT2D eigenvalue weighted by Crippen LogP contribution is -2.41. The molecule has 1 aliphatic carbocycles. The Morgan fingerprint density at radius 1 is 1.37 bits per heavy atom. The molecule has 3 nitrogen and oxygen atoms in total. The number of hydrogen-bond acceptors (Lipinski definition) is 4. The van der Waals surface area contributed by atoms with E-state index in [9.17, 15) is 0 Å². The van der Waals surface area contributed by atoms with E-state index in [4.69, 9.17) is 5.73 Å². The van der Waals surface area contributed by atoms with Crippen molar-refractivity contribution in [2.24, 2.45) is 11.1 Å². The Labute approximate surface area is 121 Å². The fraction of sp³-hybridized carbons (Fsp3) is 0.800. The second kappa shape index (κ2) is 7.36. The first-order valence-corrected chi connectivity index (χ1v) is 8.50. The van der Waals surface area contributed by atoms with Crippen LogP contribution in [-0.2, 0) is 0 Å². The zero-order valence-electron chi connectivity index (χ0n) is 12.0. The molecular formula is C15H27N3S. The van der Waals surface area contributed by atoms with Crippen molar-refractivity contribution in [2.45, 2.75) is 57.9 Å². The van der Waals surface area contributed by atoms with E-state index in [0.29, 0.717) is 11.5 Å². The highest BCUT2D eigenvalue weighted by Crippen LogP contribution is 2.34. The molecule has 1 aromatic heterocycles. The normalized spacial score (nSPS) is 20.9. The molecule has 0 radical (unpaired) electrons. The van der Waals surface area contributed by atoms with Crippen molar-refractivity contribution in [3.05, 3.63) is 16.6 Å². The Morgan fingerprint density at radius 2 is 2.11 bits per heavy atom. The van der Waals surface area contributed by atoms with Gasteiger partial charge in [-0.3, -0.25) is 0 Å². The molecule has 19 heavy (non-hydrogen) atoms. The summed E-state index contributed by atoms with van der Waals surface area (Å²) in [6, 6.07) is 0.395. The lowest BCUT2D eigenvalue weighted by Gasteiger charge is -2.33. The number of nitrogens with zero attached hydrogens (tertiary/aromatic N) is 1. The second-order valence-corrected chi connectivity index (χ2v) is 6.76. The minimum Gasteiger partial charge on any atom is -0.330 e. The molecular weight excluding hydrogens is 254 g/mol. The van der Waals surface area contributed by atoms with Gasteiger partial charge in [0.15, 0.2) is 0 Å². The SMILES string of the molecule is CCC(NCC1(CN)CCCCCC1)c1nccs1. The van der Waals surface area contributed by atoms with E-state index in [0.717, 1.165) is 19.5 Å². The number of aromatic nitrogens is 1. The van der Waals surface area contributed by atoms with Crippen molar-refractivity contribution in [2.75, 3.05) is 13.1 Å². The fourth-order valence-corrected chi connectivity index (χ4v) is 3.88. The average molecular weight is 281 g/mol. The minimum atomic E-state index is 0.321. The summed E-state index contributed by atoms with van der Waals surface area (Å²) in [5.41, 5.74) is 6.42. The van der Waals surface area contributed by atoms with Gasteiger partial charge in [-0.15, -0.1) is 11.3 Å². The van der Waals surface area contributed by atoms with Crippen LogP contribution >= 0.6 is 11.3 Å². The second-order valence-electron chi connectivity index (χ2n) is 5.83. The summed E-state index contributed by atoms with van der Waals surface area (Å²) < 4.78 is 0. The van der Waals surface area contributed by atoms with Gasteiger partial charge in [-0.1, -0.05) is 32.6 Å². The van der Waals surface area contributed by atoms with Crippen LogP contribution in [0.4, 0.5) is 0 Å². The standard InChI is InChI=1S/C15H27N3S/c1-2-13(14-17-9-10-19-14)18-12-15(11-16)7-5-3-4-6-8-15/h9-10,13,18H,2-8,11-12,16H2,1H3. The van der Waals surface area contributed by atoms with E-state index in [1.807, 2.05) is 6.20 Å². The molecule has 1 aliphatic rings. The molecule has 1 unspecified atom stereocenters. The monoisotopic (exact) mass is 281 g/mol. The molecule has 0 aromatic carbocycles. The van der Waals surface area contributed by atoms with Crippen molar-refractivity contribution >= 4 is 11.3 Å². The van der Waals surface area contributed by atoms with E-state index < -0.39 is 0 Å². The number of nitrogens with two attached hydrogens (primary N) is 1. The first kappa shape index (κ1) is 14.9. The topological polar surface area (TPSA) is 50.9 Å². The van der Waals surface area contributed by atoms with Crippen LogP contribution in [0.5, 0.6) is 0 Å². The van der Waals surface area contributed by atoms with Gasteiger partial charge < -0.3 is 11.1 Å². The molecule has 1 atom stereocenters. The molecule has 1 aromatic rings. The van der Waals surface area contributed by atoms with Gasteiger partial charge in [0, 0.05) is 18.1 Å². The number of thiazole rings is 1. The summed E-state index contributed by atoms with van der Waals surface area (Å²) in [6.45, 7) is 4.08. The maximum Gasteiger partial charge on any atom is 0.109 e. The molecule has 108 valence electrons. The van der Waals surface area contributed by atoms with Gasteiger partial charge in [0.2, 0.25) is 0 Å². The molecule has 1 fully saturated rings. The van der Waals surface area contributed by atoms with Crippen molar-refractivity contribution in [1.82, 2.24) is 10.3 Å². The Balaban J connectivity index is 1.94. The maximum absolute atomic E-state index is 6.10. The molecule has 4 heteroatoms. The minimum absolute atomic E-state index is 0.321. The van der Waals surface area contributed by atoms with Crippen LogP contribution in [0.15, 0.2) is 11.6 Å². The predicted octanol–water partition coefficient (Wildman–Crippen LogP) is 3.48. The quantitative estimate of drug-likeness (QED) is 0.785. The van der Waals surface area contributed by atoms with Crippen LogP contribution in [0.25, 0.3) is 0 Å². The van der Waals surface area contributed by atoms with E-state index >= 15 is 0 Å². The largest absolute Gasteiger partial charge is 0.330 e. The highest BCUT2D eigenvalue weighted by Gasteiger charge is 2.30. The third-order valence-corrected chi connectivity index (χ3v) is 5.37. The number of rotatable bonds is 6. The molecule has 0 aliphatic heterocycles. The van der Waals surface area contributed by atoms with Gasteiger partial charge in [0.05, 0.1) is 6.04 Å². The maximum atomic E-state index is 6.10. The van der Waals surface area contributed by atoms with E-state index in [1.165, 1.54) is 43.5 Å². The van der Waals surface area contributed by atoms with E-state index in [2.05, 4.69) is 22.6 Å². The Bertz CT molecular complexity index is 342. The fourth-order valence-electron chi connectivity index (χ4n) is 3.08. The molecule has 0 amide bonds. The van der Waals surface area contributed by atoms with Crippen LogP contribution < -0.4 is 11.1 Å². The summed E-state index contributed by atoms with van der Waals surface area (Å²) in [6.07, 6.45) is 11.0. The molecule has 2 rings (SSSR count). The molecule has 1 saturated carbocycles. The van der Waals surface area contributed by atoms with Crippen molar-refractivity contribution < 1.29 is 0 Å². The summed E-state index contributed by atoms with van der Waals surface area (Å²) in [5, 5.41) is 7.00. The van der Waals surface area contributed by atoms with Gasteiger partial charge in [0.1, 0.15) is 5.01 Å². The van der Waals surface area contributed by atoms with Gasteiger partial charge in [-0.25, -0.2) is 4.98 Å². The average Bonchev–Trinajstić information content (AvgIpc) is 2.86. The van der Waals surface area contributed by atoms with Crippen LogP contribution in [0.2, 0.25) is 0 Å². The predicted molar refractivity (Wildman–Crippen MR) is 82.3 cm³/mol. The number of nitrogens with one attached hydrogen (secondary N) is 1. The highest BCUT2D eigenvalue weighted by atomic mass is 32.1. The molecule has 0 bridgehead atoms. The summed E-state index contributed by atoms with van der Waals surface area (Å²) in [7, 11) is 0. The summed E-state index contributed by atoms with van der Waals surface area (Å²) in [5.74, 6) is 0. The molecule has 0 spiro atoms. The third kappa shape index (κ3) is 4.01. The van der Waals surface area contributed by atoms with Gasteiger partial charge in [-0.05, 0) is 31.2 Å². The van der Waals surface area contributed by atoms with E-state index in [-0.39, 0.29) is 0 Å². The molecule has 3 N–H and O–H groups in total. The number of hydrogen-bond donors (Lipinski definition) is 2.